The first-order valence-electron chi connectivity index (χ1n) is 5.89. The van der Waals surface area contributed by atoms with Crippen LogP contribution in [-0.2, 0) is 0 Å². The minimum absolute atomic E-state index is 0.148. The third-order valence-electron chi connectivity index (χ3n) is 3.07. The number of nitrogens with zero attached hydrogens (tertiary/aromatic N) is 1. The lowest BCUT2D eigenvalue weighted by Crippen LogP contribution is -2.25. The molecule has 0 radical (unpaired) electrons. The number of halogens is 1. The zero-order valence-electron chi connectivity index (χ0n) is 9.66. The first-order valence-corrected chi connectivity index (χ1v) is 6.27. The number of H-pyrrole nitrogens is 1. The zero-order valence-corrected chi connectivity index (χ0v) is 10.4. The summed E-state index contributed by atoms with van der Waals surface area (Å²) in [5.41, 5.74) is 0.463. The molecular weight excluding hydrogens is 252 g/mol. The van der Waals surface area contributed by atoms with E-state index in [9.17, 15) is 4.79 Å². The largest absolute Gasteiger partial charge is 0.352 e. The monoisotopic (exact) mass is 264 g/mol. The second-order valence-corrected chi connectivity index (χ2v) is 4.85. The fourth-order valence-corrected chi connectivity index (χ4v) is 2.32. The number of anilines is 1. The SMILES string of the molecule is O=c1[nH]c(NC2CCNC2)nc2cc(Cl)ccc12. The predicted molar refractivity (Wildman–Crippen MR) is 72.3 cm³/mol. The molecule has 1 aliphatic rings. The van der Waals surface area contributed by atoms with Crippen LogP contribution in [0.15, 0.2) is 23.0 Å². The Balaban J connectivity index is 2.00. The lowest BCUT2D eigenvalue weighted by Gasteiger charge is -2.11. The van der Waals surface area contributed by atoms with Gasteiger partial charge in [0.25, 0.3) is 5.56 Å². The number of benzene rings is 1. The summed E-state index contributed by atoms with van der Waals surface area (Å²) < 4.78 is 0. The van der Waals surface area contributed by atoms with Crippen molar-refractivity contribution in [2.24, 2.45) is 0 Å². The molecular formula is C12H13ClN4O. The van der Waals surface area contributed by atoms with Crippen molar-refractivity contribution in [3.63, 3.8) is 0 Å². The molecule has 1 aromatic heterocycles. The minimum Gasteiger partial charge on any atom is -0.352 e. The molecule has 0 bridgehead atoms. The van der Waals surface area contributed by atoms with Crippen molar-refractivity contribution in [2.75, 3.05) is 18.4 Å². The zero-order chi connectivity index (χ0) is 12.5. The maximum absolute atomic E-state index is 11.9. The Hall–Kier alpha value is -1.59. The summed E-state index contributed by atoms with van der Waals surface area (Å²) in [6, 6.07) is 5.38. The quantitative estimate of drug-likeness (QED) is 0.766. The smallest absolute Gasteiger partial charge is 0.260 e. The maximum atomic E-state index is 11.9. The molecule has 18 heavy (non-hydrogen) atoms. The molecule has 2 aromatic rings. The second kappa shape index (κ2) is 4.59. The van der Waals surface area contributed by atoms with Crippen molar-refractivity contribution in [3.05, 3.63) is 33.6 Å². The predicted octanol–water partition coefficient (Wildman–Crippen LogP) is 1.35. The Morgan fingerprint density at radius 1 is 1.44 bits per heavy atom. The van der Waals surface area contributed by atoms with Crippen LogP contribution in [0.4, 0.5) is 5.95 Å². The third-order valence-corrected chi connectivity index (χ3v) is 3.30. The van der Waals surface area contributed by atoms with E-state index in [1.54, 1.807) is 18.2 Å². The van der Waals surface area contributed by atoms with Gasteiger partial charge in [-0.2, -0.15) is 0 Å². The van der Waals surface area contributed by atoms with Crippen LogP contribution in [0.5, 0.6) is 0 Å². The fraction of sp³-hybridized carbons (Fsp3) is 0.333. The Bertz CT molecular complexity index is 634. The van der Waals surface area contributed by atoms with Gasteiger partial charge in [-0.3, -0.25) is 9.78 Å². The molecule has 1 fully saturated rings. The van der Waals surface area contributed by atoms with Gasteiger partial charge in [-0.15, -0.1) is 0 Å². The molecule has 0 amide bonds. The average Bonchev–Trinajstić information content (AvgIpc) is 2.81. The van der Waals surface area contributed by atoms with Gasteiger partial charge in [-0.25, -0.2) is 4.98 Å². The molecule has 1 atom stereocenters. The molecule has 1 saturated heterocycles. The van der Waals surface area contributed by atoms with Crippen LogP contribution < -0.4 is 16.2 Å². The second-order valence-electron chi connectivity index (χ2n) is 4.41. The molecule has 0 aliphatic carbocycles. The molecule has 0 saturated carbocycles. The molecule has 6 heteroatoms. The summed E-state index contributed by atoms with van der Waals surface area (Å²) in [5.74, 6) is 0.503. The van der Waals surface area contributed by atoms with E-state index >= 15 is 0 Å². The van der Waals surface area contributed by atoms with E-state index in [1.807, 2.05) is 0 Å². The molecule has 2 heterocycles. The van der Waals surface area contributed by atoms with Crippen molar-refractivity contribution in [2.45, 2.75) is 12.5 Å². The molecule has 3 N–H and O–H groups in total. The molecule has 94 valence electrons. The first-order chi connectivity index (χ1) is 8.72. The number of hydrogen-bond acceptors (Lipinski definition) is 4. The molecule has 0 spiro atoms. The first kappa shape index (κ1) is 11.5. The van der Waals surface area contributed by atoms with Crippen molar-refractivity contribution >= 4 is 28.5 Å². The molecule has 1 unspecified atom stereocenters. The number of fused-ring (bicyclic) bond motifs is 1. The van der Waals surface area contributed by atoms with Gasteiger partial charge >= 0.3 is 0 Å². The van der Waals surface area contributed by atoms with Crippen molar-refractivity contribution < 1.29 is 0 Å². The molecule has 5 nitrogen and oxygen atoms in total. The highest BCUT2D eigenvalue weighted by atomic mass is 35.5. The highest BCUT2D eigenvalue weighted by molar-refractivity contribution is 6.31. The standard InChI is InChI=1S/C12H13ClN4O/c13-7-1-2-9-10(5-7)16-12(17-11(9)18)15-8-3-4-14-6-8/h1-2,5,8,14H,3-4,6H2,(H2,15,16,17,18). The topological polar surface area (TPSA) is 69.8 Å². The summed E-state index contributed by atoms with van der Waals surface area (Å²) in [5, 5.41) is 7.60. The van der Waals surface area contributed by atoms with Crippen molar-refractivity contribution in [1.29, 1.82) is 0 Å². The Morgan fingerprint density at radius 2 is 2.33 bits per heavy atom. The van der Waals surface area contributed by atoms with Gasteiger partial charge in [0, 0.05) is 17.6 Å². The summed E-state index contributed by atoms with van der Waals surface area (Å²) in [6.45, 7) is 1.87. The van der Waals surface area contributed by atoms with E-state index in [4.69, 9.17) is 11.6 Å². The number of aromatic amines is 1. The van der Waals surface area contributed by atoms with E-state index < -0.39 is 0 Å². The normalized spacial score (nSPS) is 19.3. The van der Waals surface area contributed by atoms with Crippen LogP contribution in [0.3, 0.4) is 0 Å². The Labute approximate surface area is 109 Å². The summed E-state index contributed by atoms with van der Waals surface area (Å²) in [4.78, 5) is 19.0. The van der Waals surface area contributed by atoms with Crippen molar-refractivity contribution in [3.8, 4) is 0 Å². The third kappa shape index (κ3) is 2.19. The van der Waals surface area contributed by atoms with Crippen LogP contribution in [0.25, 0.3) is 10.9 Å². The minimum atomic E-state index is -0.148. The van der Waals surface area contributed by atoms with Gasteiger partial charge in [0.2, 0.25) is 5.95 Å². The highest BCUT2D eigenvalue weighted by Gasteiger charge is 2.15. The van der Waals surface area contributed by atoms with E-state index in [1.165, 1.54) is 0 Å². The van der Waals surface area contributed by atoms with Gasteiger partial charge in [0.05, 0.1) is 10.9 Å². The molecule has 1 aliphatic heterocycles. The highest BCUT2D eigenvalue weighted by Crippen LogP contribution is 2.16. The number of aromatic nitrogens is 2. The van der Waals surface area contributed by atoms with Gasteiger partial charge in [0.15, 0.2) is 0 Å². The van der Waals surface area contributed by atoms with E-state index in [2.05, 4.69) is 20.6 Å². The summed E-state index contributed by atoms with van der Waals surface area (Å²) in [7, 11) is 0. The average molecular weight is 265 g/mol. The summed E-state index contributed by atoms with van der Waals surface area (Å²) in [6.07, 6.45) is 1.03. The van der Waals surface area contributed by atoms with Gasteiger partial charge < -0.3 is 10.6 Å². The number of nitrogens with one attached hydrogen (secondary N) is 3. The molecule has 1 aromatic carbocycles. The van der Waals surface area contributed by atoms with Crippen LogP contribution in [0, 0.1) is 0 Å². The lowest BCUT2D eigenvalue weighted by atomic mass is 10.2. The molecule has 3 rings (SSSR count). The number of hydrogen-bond donors (Lipinski definition) is 3. The van der Waals surface area contributed by atoms with Gasteiger partial charge in [-0.05, 0) is 31.2 Å². The number of rotatable bonds is 2. The fourth-order valence-electron chi connectivity index (χ4n) is 2.15. The van der Waals surface area contributed by atoms with Crippen LogP contribution in [0.2, 0.25) is 5.02 Å². The van der Waals surface area contributed by atoms with Gasteiger partial charge in [-0.1, -0.05) is 11.6 Å². The Kier molecular flexibility index (Phi) is 2.93. The van der Waals surface area contributed by atoms with E-state index in [0.717, 1.165) is 19.5 Å². The van der Waals surface area contributed by atoms with Crippen LogP contribution in [-0.4, -0.2) is 29.1 Å². The Morgan fingerprint density at radius 3 is 3.11 bits per heavy atom. The lowest BCUT2D eigenvalue weighted by molar-refractivity contribution is 0.781. The maximum Gasteiger partial charge on any atom is 0.260 e. The van der Waals surface area contributed by atoms with Gasteiger partial charge in [0.1, 0.15) is 0 Å². The van der Waals surface area contributed by atoms with E-state index in [0.29, 0.717) is 27.9 Å². The summed E-state index contributed by atoms with van der Waals surface area (Å²) >= 11 is 5.91. The van der Waals surface area contributed by atoms with Crippen LogP contribution in [0.1, 0.15) is 6.42 Å². The van der Waals surface area contributed by atoms with E-state index in [-0.39, 0.29) is 5.56 Å². The van der Waals surface area contributed by atoms with Crippen molar-refractivity contribution in [1.82, 2.24) is 15.3 Å². The van der Waals surface area contributed by atoms with Crippen LogP contribution >= 0.6 is 11.6 Å².